The van der Waals surface area contributed by atoms with Crippen LogP contribution in [-0.2, 0) is 21.1 Å². The molecule has 2 unspecified atom stereocenters. The van der Waals surface area contributed by atoms with Gasteiger partial charge in [0.05, 0.1) is 11.5 Å². The third kappa shape index (κ3) is 3.60. The fraction of sp³-hybridized carbons (Fsp3) is 0.533. The van der Waals surface area contributed by atoms with E-state index in [0.29, 0.717) is 12.8 Å². The first-order chi connectivity index (χ1) is 9.39. The lowest BCUT2D eigenvalue weighted by atomic mass is 9.99. The summed E-state index contributed by atoms with van der Waals surface area (Å²) in [5.41, 5.74) is 1.13. The zero-order valence-corrected chi connectivity index (χ0v) is 12.8. The highest BCUT2D eigenvalue weighted by Gasteiger charge is 2.33. The van der Waals surface area contributed by atoms with Crippen molar-refractivity contribution in [1.82, 2.24) is 4.90 Å². The minimum atomic E-state index is -2.95. The molecule has 0 aliphatic carbocycles. The number of carbonyl (C=O) groups excluding carboxylic acids is 1. The molecule has 2 atom stereocenters. The standard InChI is InChI=1S/C15H21NO3S/c1-12(10-13-6-4-3-5-7-13)15(17)16(2)14-8-9-20(18,19)11-14/h3-7,12,14H,8-11H2,1-2H3. The fourth-order valence-electron chi connectivity index (χ4n) is 2.66. The zero-order valence-electron chi connectivity index (χ0n) is 12.0. The molecule has 2 rings (SSSR count). The number of benzene rings is 1. The number of rotatable bonds is 4. The van der Waals surface area contributed by atoms with Gasteiger partial charge in [-0.15, -0.1) is 0 Å². The summed E-state index contributed by atoms with van der Waals surface area (Å²) in [5.74, 6) is 0.192. The number of carbonyl (C=O) groups is 1. The molecular weight excluding hydrogens is 274 g/mol. The molecule has 1 fully saturated rings. The molecule has 4 nitrogen and oxygen atoms in total. The summed E-state index contributed by atoms with van der Waals surface area (Å²) < 4.78 is 23.0. The van der Waals surface area contributed by atoms with Gasteiger partial charge in [-0.3, -0.25) is 4.79 Å². The molecule has 1 aliphatic heterocycles. The van der Waals surface area contributed by atoms with Gasteiger partial charge in [-0.1, -0.05) is 37.3 Å². The van der Waals surface area contributed by atoms with Crippen molar-refractivity contribution in [2.45, 2.75) is 25.8 Å². The van der Waals surface area contributed by atoms with Gasteiger partial charge in [-0.2, -0.15) is 0 Å². The van der Waals surface area contributed by atoms with Crippen molar-refractivity contribution in [2.75, 3.05) is 18.6 Å². The Labute approximate surface area is 120 Å². The van der Waals surface area contributed by atoms with Crippen LogP contribution in [0.1, 0.15) is 18.9 Å². The molecule has 0 bridgehead atoms. The van der Waals surface area contributed by atoms with Crippen LogP contribution < -0.4 is 0 Å². The Morgan fingerprint density at radius 2 is 2.00 bits per heavy atom. The molecule has 5 heteroatoms. The summed E-state index contributed by atoms with van der Waals surface area (Å²) >= 11 is 0. The maximum Gasteiger partial charge on any atom is 0.225 e. The van der Waals surface area contributed by atoms with Gasteiger partial charge in [0.1, 0.15) is 0 Å². The lowest BCUT2D eigenvalue weighted by Gasteiger charge is -2.26. The number of sulfone groups is 1. The van der Waals surface area contributed by atoms with E-state index in [1.807, 2.05) is 37.3 Å². The monoisotopic (exact) mass is 295 g/mol. The van der Waals surface area contributed by atoms with E-state index in [1.54, 1.807) is 11.9 Å². The van der Waals surface area contributed by atoms with Gasteiger partial charge in [-0.25, -0.2) is 8.42 Å². The summed E-state index contributed by atoms with van der Waals surface area (Å²) in [7, 11) is -1.23. The van der Waals surface area contributed by atoms with Gasteiger partial charge in [0, 0.05) is 19.0 Å². The Morgan fingerprint density at radius 1 is 1.35 bits per heavy atom. The molecular formula is C15H21NO3S. The number of nitrogens with zero attached hydrogens (tertiary/aromatic N) is 1. The maximum atomic E-state index is 12.4. The van der Waals surface area contributed by atoms with Crippen molar-refractivity contribution in [3.8, 4) is 0 Å². The Balaban J connectivity index is 1.97. The minimum absolute atomic E-state index is 0.0240. The molecule has 1 aliphatic rings. The van der Waals surface area contributed by atoms with Crippen molar-refractivity contribution in [3.63, 3.8) is 0 Å². The number of amides is 1. The van der Waals surface area contributed by atoms with Gasteiger partial charge in [-0.05, 0) is 18.4 Å². The van der Waals surface area contributed by atoms with E-state index in [1.165, 1.54) is 0 Å². The SMILES string of the molecule is CC(Cc1ccccc1)C(=O)N(C)C1CCS(=O)(=O)C1. The van der Waals surface area contributed by atoms with E-state index >= 15 is 0 Å². The average molecular weight is 295 g/mol. The van der Waals surface area contributed by atoms with Crippen molar-refractivity contribution >= 4 is 15.7 Å². The lowest BCUT2D eigenvalue weighted by Crippen LogP contribution is -2.41. The molecule has 0 N–H and O–H groups in total. The van der Waals surface area contributed by atoms with Crippen LogP contribution in [0.25, 0.3) is 0 Å². The highest BCUT2D eigenvalue weighted by molar-refractivity contribution is 7.91. The van der Waals surface area contributed by atoms with E-state index < -0.39 is 9.84 Å². The van der Waals surface area contributed by atoms with Crippen LogP contribution in [0.4, 0.5) is 0 Å². The van der Waals surface area contributed by atoms with E-state index in [4.69, 9.17) is 0 Å². The molecule has 20 heavy (non-hydrogen) atoms. The van der Waals surface area contributed by atoms with Crippen molar-refractivity contribution in [3.05, 3.63) is 35.9 Å². The van der Waals surface area contributed by atoms with Crippen LogP contribution in [0.15, 0.2) is 30.3 Å². The van der Waals surface area contributed by atoms with Crippen LogP contribution >= 0.6 is 0 Å². The highest BCUT2D eigenvalue weighted by atomic mass is 32.2. The van der Waals surface area contributed by atoms with Crippen LogP contribution in [0, 0.1) is 5.92 Å². The second-order valence-electron chi connectivity index (χ2n) is 5.60. The van der Waals surface area contributed by atoms with Crippen molar-refractivity contribution in [1.29, 1.82) is 0 Å². The first-order valence-electron chi connectivity index (χ1n) is 6.90. The molecule has 0 spiro atoms. The summed E-state index contributed by atoms with van der Waals surface area (Å²) in [6.45, 7) is 1.90. The van der Waals surface area contributed by atoms with E-state index in [-0.39, 0.29) is 29.4 Å². The summed E-state index contributed by atoms with van der Waals surface area (Å²) in [4.78, 5) is 14.0. The molecule has 1 saturated heterocycles. The average Bonchev–Trinajstić information content (AvgIpc) is 2.78. The van der Waals surface area contributed by atoms with Gasteiger partial charge in [0.2, 0.25) is 5.91 Å². The third-order valence-electron chi connectivity index (χ3n) is 3.91. The molecule has 0 radical (unpaired) electrons. The van der Waals surface area contributed by atoms with Crippen LogP contribution in [0.3, 0.4) is 0 Å². The predicted octanol–water partition coefficient (Wildman–Crippen LogP) is 1.51. The fourth-order valence-corrected chi connectivity index (χ4v) is 4.44. The smallest absolute Gasteiger partial charge is 0.225 e. The highest BCUT2D eigenvalue weighted by Crippen LogP contribution is 2.19. The molecule has 0 saturated carbocycles. The van der Waals surface area contributed by atoms with Crippen molar-refractivity contribution < 1.29 is 13.2 Å². The molecule has 1 heterocycles. The molecule has 0 aromatic heterocycles. The first-order valence-corrected chi connectivity index (χ1v) is 8.72. The van der Waals surface area contributed by atoms with Gasteiger partial charge in [0.15, 0.2) is 9.84 Å². The molecule has 1 amide bonds. The van der Waals surface area contributed by atoms with Crippen molar-refractivity contribution in [2.24, 2.45) is 5.92 Å². The largest absolute Gasteiger partial charge is 0.341 e. The van der Waals surface area contributed by atoms with Crippen LogP contribution in [-0.4, -0.2) is 43.8 Å². The normalized spacial score (nSPS) is 22.4. The van der Waals surface area contributed by atoms with E-state index in [0.717, 1.165) is 5.56 Å². The van der Waals surface area contributed by atoms with Gasteiger partial charge in [0.25, 0.3) is 0 Å². The van der Waals surface area contributed by atoms with E-state index in [2.05, 4.69) is 0 Å². The third-order valence-corrected chi connectivity index (χ3v) is 5.66. The predicted molar refractivity (Wildman–Crippen MR) is 79.1 cm³/mol. The Morgan fingerprint density at radius 3 is 2.55 bits per heavy atom. The Hall–Kier alpha value is -1.36. The van der Waals surface area contributed by atoms with Crippen LogP contribution in [0.2, 0.25) is 0 Å². The molecule has 1 aromatic rings. The zero-order chi connectivity index (χ0) is 14.8. The second kappa shape index (κ2) is 5.95. The first kappa shape index (κ1) is 15.0. The molecule has 1 aromatic carbocycles. The maximum absolute atomic E-state index is 12.4. The topological polar surface area (TPSA) is 54.5 Å². The number of hydrogen-bond donors (Lipinski definition) is 0. The summed E-state index contributed by atoms with van der Waals surface area (Å²) in [5, 5.41) is 0. The quantitative estimate of drug-likeness (QED) is 0.846. The Bertz CT molecular complexity index is 568. The van der Waals surface area contributed by atoms with Gasteiger partial charge < -0.3 is 4.90 Å². The number of hydrogen-bond acceptors (Lipinski definition) is 3. The molecule has 110 valence electrons. The van der Waals surface area contributed by atoms with Crippen LogP contribution in [0.5, 0.6) is 0 Å². The summed E-state index contributed by atoms with van der Waals surface area (Å²) in [6.07, 6.45) is 1.24. The second-order valence-corrected chi connectivity index (χ2v) is 7.83. The minimum Gasteiger partial charge on any atom is -0.341 e. The summed E-state index contributed by atoms with van der Waals surface area (Å²) in [6, 6.07) is 9.71. The van der Waals surface area contributed by atoms with Gasteiger partial charge >= 0.3 is 0 Å². The lowest BCUT2D eigenvalue weighted by molar-refractivity contribution is -0.135. The van der Waals surface area contributed by atoms with E-state index in [9.17, 15) is 13.2 Å². The Kier molecular flexibility index (Phi) is 4.48.